The number of carbonyl (C=O) groups excluding carboxylic acids is 3. The third-order valence-electron chi connectivity index (χ3n) is 7.16. The summed E-state index contributed by atoms with van der Waals surface area (Å²) in [6.07, 6.45) is 3.72. The number of hydrogen-bond acceptors (Lipinski definition) is 3. The predicted octanol–water partition coefficient (Wildman–Crippen LogP) is 5.28. The molecule has 2 N–H and O–H groups in total. The van der Waals surface area contributed by atoms with Gasteiger partial charge in [0.05, 0.1) is 0 Å². The topological polar surface area (TPSA) is 78.5 Å². The van der Waals surface area contributed by atoms with Crippen molar-refractivity contribution in [3.05, 3.63) is 77.4 Å². The fourth-order valence-corrected chi connectivity index (χ4v) is 5.04. The maximum absolute atomic E-state index is 13.0. The number of carbonyl (C=O) groups is 3. The van der Waals surface area contributed by atoms with Gasteiger partial charge < -0.3 is 15.5 Å². The highest BCUT2D eigenvalue weighted by Crippen LogP contribution is 2.39. The second-order valence-corrected chi connectivity index (χ2v) is 10.3. The molecule has 0 aliphatic heterocycles. The minimum atomic E-state index is -0.144. The molecule has 6 heteroatoms. The van der Waals surface area contributed by atoms with E-state index in [0.717, 1.165) is 12.0 Å². The van der Waals surface area contributed by atoms with Gasteiger partial charge in [0.1, 0.15) is 0 Å². The van der Waals surface area contributed by atoms with Crippen LogP contribution in [-0.2, 0) is 16.1 Å². The lowest BCUT2D eigenvalue weighted by molar-refractivity contribution is -0.131. The first-order valence-electron chi connectivity index (χ1n) is 12.8. The van der Waals surface area contributed by atoms with Crippen molar-refractivity contribution in [3.8, 4) is 0 Å². The van der Waals surface area contributed by atoms with Crippen molar-refractivity contribution in [2.45, 2.75) is 47.1 Å². The molecule has 6 nitrogen and oxygen atoms in total. The molecule has 0 aromatic heterocycles. The summed E-state index contributed by atoms with van der Waals surface area (Å²) in [7, 11) is 1.87. The average Bonchev–Trinajstić information content (AvgIpc) is 2.84. The second kappa shape index (κ2) is 12.5. The van der Waals surface area contributed by atoms with Gasteiger partial charge in [-0.3, -0.25) is 14.4 Å². The Morgan fingerprint density at radius 3 is 2.31 bits per heavy atom. The minimum Gasteiger partial charge on any atom is -0.351 e. The normalized spacial score (nSPS) is 19.4. The second-order valence-electron chi connectivity index (χ2n) is 10.3. The number of nitrogens with one attached hydrogen (secondary N) is 2. The molecule has 192 valence electrons. The molecule has 3 amide bonds. The lowest BCUT2D eigenvalue weighted by Crippen LogP contribution is -2.38. The van der Waals surface area contributed by atoms with Crippen molar-refractivity contribution in [1.82, 2.24) is 10.2 Å². The SMILES string of the molecule is CC(=O)Nc1ccc(C(=O)NC[C@@H]2C=C(C)[C@H](CC(=O)N(C)Cc3ccccc3)C[C@H]2C(C)C)cc1. The summed E-state index contributed by atoms with van der Waals surface area (Å²) < 4.78 is 0. The third kappa shape index (κ3) is 7.54. The number of anilines is 1. The van der Waals surface area contributed by atoms with Crippen LogP contribution in [0.5, 0.6) is 0 Å². The first-order valence-corrected chi connectivity index (χ1v) is 12.8. The van der Waals surface area contributed by atoms with Crippen LogP contribution in [0, 0.1) is 23.7 Å². The van der Waals surface area contributed by atoms with E-state index in [-0.39, 0.29) is 29.6 Å². The van der Waals surface area contributed by atoms with E-state index < -0.39 is 0 Å². The van der Waals surface area contributed by atoms with Crippen molar-refractivity contribution in [1.29, 1.82) is 0 Å². The van der Waals surface area contributed by atoms with Gasteiger partial charge in [-0.1, -0.05) is 55.8 Å². The molecular weight excluding hydrogens is 450 g/mol. The van der Waals surface area contributed by atoms with Gasteiger partial charge in [0.25, 0.3) is 5.91 Å². The Labute approximate surface area is 215 Å². The van der Waals surface area contributed by atoms with E-state index in [9.17, 15) is 14.4 Å². The van der Waals surface area contributed by atoms with Gasteiger partial charge >= 0.3 is 0 Å². The molecule has 1 aliphatic rings. The van der Waals surface area contributed by atoms with E-state index in [4.69, 9.17) is 0 Å². The van der Waals surface area contributed by atoms with Gasteiger partial charge in [0, 0.05) is 44.7 Å². The standard InChI is InChI=1S/C30H39N3O3/c1-20(2)28-16-25(17-29(35)33(5)19-23-9-7-6-8-10-23)21(3)15-26(28)18-31-30(36)24-11-13-27(14-12-24)32-22(4)34/h6-15,20,25-26,28H,16-19H2,1-5H3,(H,31,36)(H,32,34)/t25-,26-,28-/m0/s1. The first kappa shape index (κ1) is 27.2. The van der Waals surface area contributed by atoms with Crippen LogP contribution in [0.4, 0.5) is 5.69 Å². The molecule has 2 aromatic carbocycles. The molecule has 0 fully saturated rings. The van der Waals surface area contributed by atoms with Crippen LogP contribution in [0.3, 0.4) is 0 Å². The van der Waals surface area contributed by atoms with E-state index in [0.29, 0.717) is 42.6 Å². The van der Waals surface area contributed by atoms with Crippen molar-refractivity contribution in [2.24, 2.45) is 23.7 Å². The highest BCUT2D eigenvalue weighted by atomic mass is 16.2. The van der Waals surface area contributed by atoms with Gasteiger partial charge in [-0.2, -0.15) is 0 Å². The summed E-state index contributed by atoms with van der Waals surface area (Å²) in [5, 5.41) is 5.80. The van der Waals surface area contributed by atoms with E-state index >= 15 is 0 Å². The summed E-state index contributed by atoms with van der Waals surface area (Å²) in [4.78, 5) is 38.7. The van der Waals surface area contributed by atoms with E-state index in [1.54, 1.807) is 24.3 Å². The number of benzene rings is 2. The van der Waals surface area contributed by atoms with Crippen molar-refractivity contribution in [2.75, 3.05) is 18.9 Å². The van der Waals surface area contributed by atoms with E-state index in [1.165, 1.54) is 12.5 Å². The summed E-state index contributed by atoms with van der Waals surface area (Å²) >= 11 is 0. The Hall–Kier alpha value is -3.41. The zero-order valence-corrected chi connectivity index (χ0v) is 22.1. The smallest absolute Gasteiger partial charge is 0.251 e. The van der Waals surface area contributed by atoms with Crippen molar-refractivity contribution in [3.63, 3.8) is 0 Å². The maximum atomic E-state index is 13.0. The van der Waals surface area contributed by atoms with Crippen LogP contribution in [0.15, 0.2) is 66.2 Å². The first-order chi connectivity index (χ1) is 17.1. The Kier molecular flexibility index (Phi) is 9.45. The molecular formula is C30H39N3O3. The van der Waals surface area contributed by atoms with Gasteiger partial charge in [0.15, 0.2) is 0 Å². The van der Waals surface area contributed by atoms with Gasteiger partial charge in [0.2, 0.25) is 11.8 Å². The Morgan fingerprint density at radius 2 is 1.69 bits per heavy atom. The van der Waals surface area contributed by atoms with Crippen LogP contribution in [0.2, 0.25) is 0 Å². The number of hydrogen-bond donors (Lipinski definition) is 2. The molecule has 0 saturated heterocycles. The van der Waals surface area contributed by atoms with Crippen LogP contribution in [-0.4, -0.2) is 36.2 Å². The van der Waals surface area contributed by atoms with E-state index in [2.05, 4.69) is 37.5 Å². The average molecular weight is 490 g/mol. The van der Waals surface area contributed by atoms with Crippen LogP contribution >= 0.6 is 0 Å². The number of rotatable bonds is 9. The largest absolute Gasteiger partial charge is 0.351 e. The third-order valence-corrected chi connectivity index (χ3v) is 7.16. The summed E-state index contributed by atoms with van der Waals surface area (Å²) in [6, 6.07) is 17.0. The Balaban J connectivity index is 1.60. The summed E-state index contributed by atoms with van der Waals surface area (Å²) in [6.45, 7) is 9.17. The molecule has 3 rings (SSSR count). The number of allylic oxidation sites excluding steroid dienone is 1. The number of amides is 3. The number of nitrogens with zero attached hydrogens (tertiary/aromatic N) is 1. The summed E-state index contributed by atoms with van der Waals surface area (Å²) in [5.74, 6) is 1.15. The van der Waals surface area contributed by atoms with Gasteiger partial charge in [-0.15, -0.1) is 0 Å². The highest BCUT2D eigenvalue weighted by Gasteiger charge is 2.33. The molecule has 0 unspecified atom stereocenters. The molecule has 0 heterocycles. The fraction of sp³-hybridized carbons (Fsp3) is 0.433. The highest BCUT2D eigenvalue weighted by molar-refractivity contribution is 5.95. The molecule has 0 radical (unpaired) electrons. The molecule has 0 spiro atoms. The molecule has 36 heavy (non-hydrogen) atoms. The Bertz CT molecular complexity index is 1080. The molecule has 0 saturated carbocycles. The minimum absolute atomic E-state index is 0.127. The monoisotopic (exact) mass is 489 g/mol. The van der Waals surface area contributed by atoms with Gasteiger partial charge in [-0.05, 0) is 66.8 Å². The predicted molar refractivity (Wildman–Crippen MR) is 144 cm³/mol. The van der Waals surface area contributed by atoms with Crippen LogP contribution in [0.1, 0.15) is 56.5 Å². The lowest BCUT2D eigenvalue weighted by atomic mass is 9.69. The van der Waals surface area contributed by atoms with Gasteiger partial charge in [-0.25, -0.2) is 0 Å². The van der Waals surface area contributed by atoms with E-state index in [1.807, 2.05) is 42.3 Å². The lowest BCUT2D eigenvalue weighted by Gasteiger charge is -2.37. The van der Waals surface area contributed by atoms with Crippen molar-refractivity contribution >= 4 is 23.4 Å². The quantitative estimate of drug-likeness (QED) is 0.471. The zero-order valence-electron chi connectivity index (χ0n) is 22.1. The summed E-state index contributed by atoms with van der Waals surface area (Å²) in [5.41, 5.74) is 3.59. The maximum Gasteiger partial charge on any atom is 0.251 e. The molecule has 3 atom stereocenters. The van der Waals surface area contributed by atoms with Crippen molar-refractivity contribution < 1.29 is 14.4 Å². The molecule has 2 aromatic rings. The Morgan fingerprint density at radius 1 is 1.03 bits per heavy atom. The zero-order chi connectivity index (χ0) is 26.2. The molecule has 0 bridgehead atoms. The molecule has 1 aliphatic carbocycles. The fourth-order valence-electron chi connectivity index (χ4n) is 5.04. The van der Waals surface area contributed by atoms with Crippen LogP contribution in [0.25, 0.3) is 0 Å². The van der Waals surface area contributed by atoms with Crippen LogP contribution < -0.4 is 10.6 Å².